The van der Waals surface area contributed by atoms with Gasteiger partial charge >= 0.3 is 0 Å². The SMILES string of the molecule is C[N+]1(CCNCc2csc(C(=O)Nc3c(C(=O)Nc4ccc(Cl)cn4)cc(Cl)cc3N3CCOCC3)c2Cl)CCCC1. The summed E-state index contributed by atoms with van der Waals surface area (Å²) in [6.45, 7) is 7.14. The number of benzene rings is 1. The van der Waals surface area contributed by atoms with Crippen molar-refractivity contribution in [2.24, 2.45) is 0 Å². The number of halogens is 3. The third-order valence-electron chi connectivity index (χ3n) is 7.68. The number of likely N-dealkylation sites (tertiary alicyclic amines) is 1. The van der Waals surface area contributed by atoms with Gasteiger partial charge in [-0.2, -0.15) is 0 Å². The summed E-state index contributed by atoms with van der Waals surface area (Å²) in [5.74, 6) is -0.565. The molecule has 224 valence electrons. The van der Waals surface area contributed by atoms with E-state index in [0.717, 1.165) is 23.1 Å². The van der Waals surface area contributed by atoms with Crippen molar-refractivity contribution < 1.29 is 18.8 Å². The lowest BCUT2D eigenvalue weighted by Crippen LogP contribution is -2.45. The molecule has 3 aromatic rings. The number of morpholine rings is 1. The van der Waals surface area contributed by atoms with Crippen LogP contribution < -0.4 is 20.9 Å². The lowest BCUT2D eigenvalue weighted by Gasteiger charge is -2.31. The molecule has 2 fully saturated rings. The fourth-order valence-corrected chi connectivity index (χ4v) is 6.89. The van der Waals surface area contributed by atoms with E-state index in [-0.39, 0.29) is 5.56 Å². The number of nitrogens with zero attached hydrogens (tertiary/aromatic N) is 3. The van der Waals surface area contributed by atoms with Gasteiger partial charge in [-0.25, -0.2) is 4.98 Å². The minimum atomic E-state index is -0.478. The van der Waals surface area contributed by atoms with Crippen LogP contribution in [0.15, 0.2) is 35.8 Å². The van der Waals surface area contributed by atoms with E-state index in [9.17, 15) is 9.59 Å². The summed E-state index contributed by atoms with van der Waals surface area (Å²) in [6, 6.07) is 6.50. The predicted octanol–water partition coefficient (Wildman–Crippen LogP) is 5.77. The van der Waals surface area contributed by atoms with Gasteiger partial charge in [0.05, 0.1) is 66.9 Å². The molecule has 2 aliphatic heterocycles. The highest BCUT2D eigenvalue weighted by molar-refractivity contribution is 7.13. The van der Waals surface area contributed by atoms with Gasteiger partial charge in [-0.15, -0.1) is 11.3 Å². The molecule has 42 heavy (non-hydrogen) atoms. The first kappa shape index (κ1) is 31.0. The summed E-state index contributed by atoms with van der Waals surface area (Å²) in [4.78, 5) is 33.7. The molecule has 2 aromatic heterocycles. The molecule has 0 unspecified atom stereocenters. The van der Waals surface area contributed by atoms with E-state index < -0.39 is 11.8 Å². The van der Waals surface area contributed by atoms with Crippen molar-refractivity contribution in [3.05, 3.63) is 66.9 Å². The maximum absolute atomic E-state index is 13.6. The Bertz CT molecular complexity index is 1420. The van der Waals surface area contributed by atoms with E-state index in [1.165, 1.54) is 49.5 Å². The number of quaternary nitrogens is 1. The van der Waals surface area contributed by atoms with Crippen LogP contribution in [0.4, 0.5) is 17.2 Å². The van der Waals surface area contributed by atoms with Gasteiger partial charge in [-0.1, -0.05) is 34.8 Å². The largest absolute Gasteiger partial charge is 0.378 e. The zero-order valence-electron chi connectivity index (χ0n) is 23.4. The monoisotopic (exact) mass is 651 g/mol. The quantitative estimate of drug-likeness (QED) is 0.190. The second-order valence-corrected chi connectivity index (χ2v) is 12.9. The Morgan fingerprint density at radius 2 is 1.81 bits per heavy atom. The van der Waals surface area contributed by atoms with Crippen LogP contribution in [-0.4, -0.2) is 80.8 Å². The minimum absolute atomic E-state index is 0.196. The lowest BCUT2D eigenvalue weighted by molar-refractivity contribution is -0.896. The maximum atomic E-state index is 13.6. The van der Waals surface area contributed by atoms with E-state index >= 15 is 0 Å². The molecule has 1 aromatic carbocycles. The van der Waals surface area contributed by atoms with Crippen LogP contribution in [0.3, 0.4) is 0 Å². The van der Waals surface area contributed by atoms with Gasteiger partial charge in [0, 0.05) is 50.2 Å². The normalized spacial score (nSPS) is 16.4. The van der Waals surface area contributed by atoms with Crippen molar-refractivity contribution in [3.8, 4) is 0 Å². The van der Waals surface area contributed by atoms with Crippen molar-refractivity contribution in [1.82, 2.24) is 10.3 Å². The third kappa shape index (κ3) is 7.55. The molecule has 0 spiro atoms. The number of nitrogens with one attached hydrogen (secondary N) is 3. The number of carbonyl (C=O) groups excluding carboxylic acids is 2. The van der Waals surface area contributed by atoms with Crippen LogP contribution in [0, 0.1) is 0 Å². The van der Waals surface area contributed by atoms with Gasteiger partial charge < -0.3 is 30.1 Å². The molecule has 2 saturated heterocycles. The Kier molecular flexibility index (Phi) is 10.3. The molecule has 0 bridgehead atoms. The number of hydrogen-bond acceptors (Lipinski definition) is 7. The summed E-state index contributed by atoms with van der Waals surface area (Å²) in [6.07, 6.45) is 4.01. The molecular weight excluding hydrogens is 619 g/mol. The second-order valence-electron chi connectivity index (χ2n) is 10.8. The number of thiophene rings is 1. The fourth-order valence-electron chi connectivity index (χ4n) is 5.31. The number of rotatable bonds is 10. The smallest absolute Gasteiger partial charge is 0.267 e. The minimum Gasteiger partial charge on any atom is -0.378 e. The first-order valence-electron chi connectivity index (χ1n) is 13.9. The molecule has 5 rings (SSSR count). The Labute approximate surface area is 264 Å². The van der Waals surface area contributed by atoms with Gasteiger partial charge in [0.25, 0.3) is 11.8 Å². The Morgan fingerprint density at radius 3 is 2.52 bits per heavy atom. The number of pyridine rings is 1. The van der Waals surface area contributed by atoms with Crippen LogP contribution in [0.1, 0.15) is 38.4 Å². The number of aromatic nitrogens is 1. The van der Waals surface area contributed by atoms with Crippen molar-refractivity contribution in [2.75, 3.05) is 75.1 Å². The summed E-state index contributed by atoms with van der Waals surface area (Å²) in [5.41, 5.74) is 2.03. The fraction of sp³-hybridized carbons (Fsp3) is 0.414. The van der Waals surface area contributed by atoms with Gasteiger partial charge in [0.1, 0.15) is 10.7 Å². The van der Waals surface area contributed by atoms with E-state index in [1.54, 1.807) is 18.2 Å². The summed E-state index contributed by atoms with van der Waals surface area (Å²) < 4.78 is 6.61. The Balaban J connectivity index is 1.36. The third-order valence-corrected chi connectivity index (χ3v) is 9.70. The molecule has 0 radical (unpaired) electrons. The van der Waals surface area contributed by atoms with Crippen LogP contribution in [0.2, 0.25) is 15.1 Å². The van der Waals surface area contributed by atoms with Crippen LogP contribution in [0.5, 0.6) is 0 Å². The predicted molar refractivity (Wildman–Crippen MR) is 171 cm³/mol. The zero-order chi connectivity index (χ0) is 29.7. The molecule has 9 nitrogen and oxygen atoms in total. The van der Waals surface area contributed by atoms with Gasteiger partial charge in [0.15, 0.2) is 0 Å². The van der Waals surface area contributed by atoms with Crippen molar-refractivity contribution in [2.45, 2.75) is 19.4 Å². The van der Waals surface area contributed by atoms with Crippen LogP contribution in [0.25, 0.3) is 0 Å². The van der Waals surface area contributed by atoms with Crippen molar-refractivity contribution in [3.63, 3.8) is 0 Å². The van der Waals surface area contributed by atoms with Crippen LogP contribution >= 0.6 is 46.1 Å². The van der Waals surface area contributed by atoms with Crippen molar-refractivity contribution >= 4 is 75.1 Å². The van der Waals surface area contributed by atoms with Gasteiger partial charge in [0.2, 0.25) is 0 Å². The summed E-state index contributed by atoms with van der Waals surface area (Å²) in [7, 11) is 2.30. The molecule has 4 heterocycles. The molecule has 0 atom stereocenters. The standard InChI is InChI=1S/C29H33Cl3N6O3S/c1-38(9-2-3-10-38)11-6-33-16-19-18-42-27(25(19)32)29(40)36-26-22(28(39)35-24-5-4-20(30)17-34-24)14-21(31)15-23(26)37-7-12-41-13-8-37/h4-5,14-15,17-18,33H,2-3,6-13,16H2,1H3,(H-,34,35,36,39,40)/p+1. The molecule has 0 saturated carbocycles. The Morgan fingerprint density at radius 1 is 1.05 bits per heavy atom. The Hall–Kier alpha value is -2.44. The number of amides is 2. The van der Waals surface area contributed by atoms with E-state index in [1.807, 2.05) is 10.3 Å². The number of hydrogen-bond donors (Lipinski definition) is 3. The van der Waals surface area contributed by atoms with Gasteiger partial charge in [-0.05, 0) is 35.2 Å². The number of anilines is 3. The van der Waals surface area contributed by atoms with Crippen molar-refractivity contribution in [1.29, 1.82) is 0 Å². The molecule has 2 aliphatic rings. The first-order valence-corrected chi connectivity index (χ1v) is 15.9. The molecule has 2 amide bonds. The maximum Gasteiger partial charge on any atom is 0.267 e. The summed E-state index contributed by atoms with van der Waals surface area (Å²) >= 11 is 20.4. The molecule has 3 N–H and O–H groups in total. The number of ether oxygens (including phenoxy) is 1. The van der Waals surface area contributed by atoms with E-state index in [4.69, 9.17) is 39.5 Å². The number of likely N-dealkylation sites (N-methyl/N-ethyl adjacent to an activating group) is 1. The van der Waals surface area contributed by atoms with Gasteiger partial charge in [-0.3, -0.25) is 9.59 Å². The van der Waals surface area contributed by atoms with E-state index in [0.29, 0.717) is 70.0 Å². The zero-order valence-corrected chi connectivity index (χ0v) is 26.4. The van der Waals surface area contributed by atoms with E-state index in [2.05, 4.69) is 28.0 Å². The average molecular weight is 653 g/mol. The van der Waals surface area contributed by atoms with Crippen LogP contribution in [-0.2, 0) is 11.3 Å². The highest BCUT2D eigenvalue weighted by Crippen LogP contribution is 2.36. The molecule has 0 aliphatic carbocycles. The summed E-state index contributed by atoms with van der Waals surface area (Å²) in [5, 5.41) is 12.3. The lowest BCUT2D eigenvalue weighted by atomic mass is 10.1. The number of carbonyl (C=O) groups is 2. The molecular formula is C29H34Cl3N6O3S+. The average Bonchev–Trinajstić information content (AvgIpc) is 3.58. The first-order chi connectivity index (χ1) is 20.2. The molecule has 13 heteroatoms. The highest BCUT2D eigenvalue weighted by atomic mass is 35.5. The topological polar surface area (TPSA) is 95.6 Å². The second kappa shape index (κ2) is 13.9. The highest BCUT2D eigenvalue weighted by Gasteiger charge is 2.27.